The van der Waals surface area contributed by atoms with Crippen LogP contribution in [0.15, 0.2) is 22.8 Å². The van der Waals surface area contributed by atoms with E-state index in [1.54, 1.807) is 0 Å². The Morgan fingerprint density at radius 1 is 1.31 bits per heavy atom. The van der Waals surface area contributed by atoms with Crippen molar-refractivity contribution in [3.8, 4) is 5.88 Å². The summed E-state index contributed by atoms with van der Waals surface area (Å²) in [6, 6.07) is 5.61. The second kappa shape index (κ2) is 4.82. The number of halogens is 2. The van der Waals surface area contributed by atoms with Gasteiger partial charge < -0.3 is 4.74 Å². The Morgan fingerprint density at radius 3 is 2.38 bits per heavy atom. The lowest BCUT2D eigenvalue weighted by atomic mass is 10.2. The molecule has 4 heteroatoms. The summed E-state index contributed by atoms with van der Waals surface area (Å²) in [5.74, 6) is 0.650. The molecule has 0 unspecified atom stereocenters. The Labute approximate surface area is 93.2 Å². The first-order valence-electron chi connectivity index (χ1n) is 3.79. The zero-order valence-corrected chi connectivity index (χ0v) is 10.3. The summed E-state index contributed by atoms with van der Waals surface area (Å²) in [6.45, 7) is 5.99. The molecular weight excluding hydrogens is 253 g/mol. The Hall–Kier alpha value is -0.280. The molecule has 0 aliphatic heterocycles. The van der Waals surface area contributed by atoms with Crippen molar-refractivity contribution in [1.82, 2.24) is 4.98 Å². The molecule has 0 radical (unpaired) electrons. The van der Waals surface area contributed by atoms with E-state index in [2.05, 4.69) is 20.9 Å². The first-order chi connectivity index (χ1) is 5.47. The molecule has 1 heterocycles. The standard InChI is InChI=1S/C9H12BrNO.ClH/c1-9(2,3)12-8-6-4-5-7(10)11-8;/h4-6H,1-3H3;1H. The average molecular weight is 267 g/mol. The van der Waals surface area contributed by atoms with Crippen LogP contribution in [0, 0.1) is 0 Å². The maximum absolute atomic E-state index is 5.54. The highest BCUT2D eigenvalue weighted by Crippen LogP contribution is 2.17. The third-order valence-electron chi connectivity index (χ3n) is 1.10. The fourth-order valence-electron chi connectivity index (χ4n) is 0.760. The van der Waals surface area contributed by atoms with Gasteiger partial charge in [0.1, 0.15) is 10.2 Å². The van der Waals surface area contributed by atoms with Crippen LogP contribution in [0.4, 0.5) is 0 Å². The van der Waals surface area contributed by atoms with Gasteiger partial charge in [0.2, 0.25) is 5.88 Å². The molecule has 0 atom stereocenters. The fraction of sp³-hybridized carbons (Fsp3) is 0.444. The number of aromatic nitrogens is 1. The number of hydrogen-bond donors (Lipinski definition) is 0. The van der Waals surface area contributed by atoms with Gasteiger partial charge in [0, 0.05) is 6.07 Å². The average Bonchev–Trinajstić information content (AvgIpc) is 1.82. The number of nitrogens with zero attached hydrogens (tertiary/aromatic N) is 1. The Balaban J connectivity index is 0.00000144. The summed E-state index contributed by atoms with van der Waals surface area (Å²) in [7, 11) is 0. The molecule has 2 nitrogen and oxygen atoms in total. The second-order valence-corrected chi connectivity index (χ2v) is 4.33. The molecule has 0 aliphatic rings. The SMILES string of the molecule is CC(C)(C)Oc1cccc(Br)n1.Cl. The zero-order chi connectivity index (χ0) is 9.19. The molecule has 0 aliphatic carbocycles. The van der Waals surface area contributed by atoms with Crippen LogP contribution >= 0.6 is 28.3 Å². The van der Waals surface area contributed by atoms with E-state index in [9.17, 15) is 0 Å². The summed E-state index contributed by atoms with van der Waals surface area (Å²) in [6.07, 6.45) is 0. The summed E-state index contributed by atoms with van der Waals surface area (Å²) >= 11 is 3.28. The van der Waals surface area contributed by atoms with E-state index in [4.69, 9.17) is 4.74 Å². The minimum absolute atomic E-state index is 0. The van der Waals surface area contributed by atoms with Crippen LogP contribution in [0.25, 0.3) is 0 Å². The van der Waals surface area contributed by atoms with Gasteiger partial charge in [0.05, 0.1) is 0 Å². The van der Waals surface area contributed by atoms with Crippen molar-refractivity contribution >= 4 is 28.3 Å². The van der Waals surface area contributed by atoms with Gasteiger partial charge in [0.15, 0.2) is 0 Å². The lowest BCUT2D eigenvalue weighted by molar-refractivity contribution is 0.124. The quantitative estimate of drug-likeness (QED) is 0.727. The predicted molar refractivity (Wildman–Crippen MR) is 59.6 cm³/mol. The summed E-state index contributed by atoms with van der Waals surface area (Å²) in [4.78, 5) is 4.15. The molecule has 74 valence electrons. The largest absolute Gasteiger partial charge is 0.472 e. The van der Waals surface area contributed by atoms with E-state index >= 15 is 0 Å². The van der Waals surface area contributed by atoms with Crippen molar-refractivity contribution in [2.24, 2.45) is 0 Å². The highest BCUT2D eigenvalue weighted by Gasteiger charge is 2.12. The first-order valence-corrected chi connectivity index (χ1v) is 4.58. The highest BCUT2D eigenvalue weighted by atomic mass is 79.9. The van der Waals surface area contributed by atoms with E-state index < -0.39 is 0 Å². The van der Waals surface area contributed by atoms with Crippen molar-refractivity contribution in [2.45, 2.75) is 26.4 Å². The Bertz CT molecular complexity index is 273. The smallest absolute Gasteiger partial charge is 0.214 e. The molecule has 0 N–H and O–H groups in total. The molecule has 0 fully saturated rings. The monoisotopic (exact) mass is 265 g/mol. The van der Waals surface area contributed by atoms with Crippen LogP contribution < -0.4 is 4.74 Å². The van der Waals surface area contributed by atoms with E-state index in [1.165, 1.54) is 0 Å². The molecular formula is C9H13BrClNO. The van der Waals surface area contributed by atoms with Crippen molar-refractivity contribution in [3.05, 3.63) is 22.8 Å². The molecule has 0 saturated carbocycles. The Kier molecular flexibility index (Phi) is 4.71. The maximum Gasteiger partial charge on any atom is 0.214 e. The van der Waals surface area contributed by atoms with Crippen LogP contribution in [0.1, 0.15) is 20.8 Å². The number of rotatable bonds is 1. The molecule has 0 saturated heterocycles. The van der Waals surface area contributed by atoms with Crippen LogP contribution in [0.3, 0.4) is 0 Å². The van der Waals surface area contributed by atoms with Gasteiger partial charge >= 0.3 is 0 Å². The van der Waals surface area contributed by atoms with Crippen LogP contribution in [-0.2, 0) is 0 Å². The molecule has 1 rings (SSSR count). The van der Waals surface area contributed by atoms with E-state index in [0.717, 1.165) is 4.60 Å². The topological polar surface area (TPSA) is 22.1 Å². The lowest BCUT2D eigenvalue weighted by Crippen LogP contribution is -2.23. The normalized spacial score (nSPS) is 10.5. The first kappa shape index (κ1) is 12.7. The predicted octanol–water partition coefficient (Wildman–Crippen LogP) is 3.44. The zero-order valence-electron chi connectivity index (χ0n) is 7.87. The summed E-state index contributed by atoms with van der Waals surface area (Å²) in [5, 5.41) is 0. The third-order valence-corrected chi connectivity index (χ3v) is 1.54. The van der Waals surface area contributed by atoms with Crippen LogP contribution in [-0.4, -0.2) is 10.6 Å². The van der Waals surface area contributed by atoms with Crippen molar-refractivity contribution in [1.29, 1.82) is 0 Å². The van der Waals surface area contributed by atoms with Crippen LogP contribution in [0.5, 0.6) is 5.88 Å². The molecule has 1 aromatic heterocycles. The van der Waals surface area contributed by atoms with Gasteiger partial charge in [-0.3, -0.25) is 0 Å². The second-order valence-electron chi connectivity index (χ2n) is 3.51. The van der Waals surface area contributed by atoms with Gasteiger partial charge in [-0.15, -0.1) is 12.4 Å². The molecule has 1 aromatic rings. The molecule has 0 spiro atoms. The van der Waals surface area contributed by atoms with Gasteiger partial charge in [-0.25, -0.2) is 4.98 Å². The molecule has 13 heavy (non-hydrogen) atoms. The summed E-state index contributed by atoms with van der Waals surface area (Å²) < 4.78 is 6.34. The molecule has 0 amide bonds. The minimum Gasteiger partial charge on any atom is -0.472 e. The van der Waals surface area contributed by atoms with E-state index in [0.29, 0.717) is 5.88 Å². The minimum atomic E-state index is -0.187. The van der Waals surface area contributed by atoms with Crippen LogP contribution in [0.2, 0.25) is 0 Å². The van der Waals surface area contributed by atoms with Gasteiger partial charge in [0.25, 0.3) is 0 Å². The molecule has 0 bridgehead atoms. The number of ether oxygens (including phenoxy) is 1. The third kappa shape index (κ3) is 5.11. The lowest BCUT2D eigenvalue weighted by Gasteiger charge is -2.20. The van der Waals surface area contributed by atoms with E-state index in [-0.39, 0.29) is 18.0 Å². The highest BCUT2D eigenvalue weighted by molar-refractivity contribution is 9.10. The van der Waals surface area contributed by atoms with Crippen molar-refractivity contribution in [2.75, 3.05) is 0 Å². The van der Waals surface area contributed by atoms with Crippen molar-refractivity contribution < 1.29 is 4.74 Å². The Morgan fingerprint density at radius 2 is 1.92 bits per heavy atom. The number of pyridine rings is 1. The van der Waals surface area contributed by atoms with Gasteiger partial charge in [-0.2, -0.15) is 0 Å². The number of hydrogen-bond acceptors (Lipinski definition) is 2. The summed E-state index contributed by atoms with van der Waals surface area (Å²) in [5.41, 5.74) is -0.187. The van der Waals surface area contributed by atoms with Crippen molar-refractivity contribution in [3.63, 3.8) is 0 Å². The maximum atomic E-state index is 5.54. The van der Waals surface area contributed by atoms with Gasteiger partial charge in [-0.1, -0.05) is 6.07 Å². The fourth-order valence-corrected chi connectivity index (χ4v) is 1.09. The van der Waals surface area contributed by atoms with E-state index in [1.807, 2.05) is 39.0 Å². The molecule has 0 aromatic carbocycles. The van der Waals surface area contributed by atoms with Gasteiger partial charge in [-0.05, 0) is 42.8 Å².